The summed E-state index contributed by atoms with van der Waals surface area (Å²) in [5.41, 5.74) is 5.31. The normalized spacial score (nSPS) is 25.0. The quantitative estimate of drug-likeness (QED) is 0.365. The van der Waals surface area contributed by atoms with Gasteiger partial charge in [-0.05, 0) is 80.0 Å². The van der Waals surface area contributed by atoms with Gasteiger partial charge in [0.25, 0.3) is 0 Å². The Hall–Kier alpha value is -4.10. The Kier molecular flexibility index (Phi) is 7.67. The van der Waals surface area contributed by atoms with Crippen molar-refractivity contribution in [3.8, 4) is 23.2 Å². The largest absolute Gasteiger partial charge is 0.461 e. The third-order valence-corrected chi connectivity index (χ3v) is 10.0. The van der Waals surface area contributed by atoms with Crippen LogP contribution in [-0.4, -0.2) is 87.7 Å². The second-order valence-corrected chi connectivity index (χ2v) is 12.7. The minimum Gasteiger partial charge on any atom is -0.461 e. The molecule has 2 aromatic heterocycles. The summed E-state index contributed by atoms with van der Waals surface area (Å²) >= 11 is 0. The lowest BCUT2D eigenvalue weighted by atomic mass is 9.87. The molecule has 1 amide bonds. The number of carbonyl (C=O) groups is 1. The molecular formula is C34H38FN7O2. The molecule has 0 radical (unpaired) electrons. The molecule has 3 fully saturated rings. The van der Waals surface area contributed by atoms with Crippen molar-refractivity contribution in [1.29, 1.82) is 5.26 Å². The molecule has 0 saturated carbocycles. The van der Waals surface area contributed by atoms with Crippen LogP contribution in [0.1, 0.15) is 49.7 Å². The van der Waals surface area contributed by atoms with Gasteiger partial charge in [-0.25, -0.2) is 4.39 Å². The molecule has 10 heteroatoms. The molecule has 0 N–H and O–H groups in total. The maximum absolute atomic E-state index is 14.5. The van der Waals surface area contributed by atoms with E-state index in [1.165, 1.54) is 30.0 Å². The molecule has 0 bridgehead atoms. The van der Waals surface area contributed by atoms with Crippen molar-refractivity contribution >= 4 is 22.6 Å². The predicted octanol–water partition coefficient (Wildman–Crippen LogP) is 4.64. The molecule has 0 spiro atoms. The van der Waals surface area contributed by atoms with Crippen LogP contribution in [0.25, 0.3) is 22.0 Å². The number of carbonyl (C=O) groups excluding carboxylic acids is 1. The fourth-order valence-electron chi connectivity index (χ4n) is 7.86. The Morgan fingerprint density at radius 1 is 1.16 bits per heavy atom. The van der Waals surface area contributed by atoms with Crippen LogP contribution in [0.2, 0.25) is 0 Å². The Morgan fingerprint density at radius 2 is 2.05 bits per heavy atom. The van der Waals surface area contributed by atoms with Gasteiger partial charge in [0.15, 0.2) is 0 Å². The molecule has 44 heavy (non-hydrogen) atoms. The van der Waals surface area contributed by atoms with Crippen LogP contribution in [0.3, 0.4) is 0 Å². The summed E-state index contributed by atoms with van der Waals surface area (Å²) in [4.78, 5) is 33.0. The van der Waals surface area contributed by atoms with Crippen LogP contribution in [0, 0.1) is 11.3 Å². The molecule has 0 unspecified atom stereocenters. The third kappa shape index (κ3) is 5.17. The van der Waals surface area contributed by atoms with Crippen LogP contribution in [-0.2, 0) is 17.6 Å². The number of pyridine rings is 1. The number of nitriles is 1. The van der Waals surface area contributed by atoms with E-state index in [0.717, 1.165) is 54.3 Å². The molecule has 1 aromatic carbocycles. The van der Waals surface area contributed by atoms with Gasteiger partial charge < -0.3 is 14.5 Å². The van der Waals surface area contributed by atoms with Gasteiger partial charge in [0.2, 0.25) is 5.91 Å². The molecule has 1 aliphatic carbocycles. The van der Waals surface area contributed by atoms with Gasteiger partial charge in [0, 0.05) is 55.9 Å². The van der Waals surface area contributed by atoms with Gasteiger partial charge in [-0.1, -0.05) is 12.6 Å². The summed E-state index contributed by atoms with van der Waals surface area (Å²) in [6, 6.07) is 8.49. The number of nitrogens with zero attached hydrogens (tertiary/aromatic N) is 7. The summed E-state index contributed by atoms with van der Waals surface area (Å²) in [5, 5.41) is 10.4. The second kappa shape index (κ2) is 11.8. The molecular weight excluding hydrogens is 557 g/mol. The van der Waals surface area contributed by atoms with Gasteiger partial charge in [0.05, 0.1) is 29.6 Å². The molecule has 228 valence electrons. The number of anilines is 1. The summed E-state index contributed by atoms with van der Waals surface area (Å²) in [6.45, 7) is 6.79. The number of ether oxygens (including phenoxy) is 1. The highest BCUT2D eigenvalue weighted by Crippen LogP contribution is 2.41. The number of aromatic nitrogens is 3. The summed E-state index contributed by atoms with van der Waals surface area (Å²) in [7, 11) is 0. The van der Waals surface area contributed by atoms with E-state index in [9.17, 15) is 14.4 Å². The fraction of sp³-hybridized carbons (Fsp3) is 0.500. The molecule has 3 saturated heterocycles. The molecule has 5 heterocycles. The number of aryl methyl sites for hydroxylation is 1. The van der Waals surface area contributed by atoms with E-state index in [4.69, 9.17) is 14.7 Å². The van der Waals surface area contributed by atoms with Gasteiger partial charge in [-0.2, -0.15) is 15.2 Å². The Balaban J connectivity index is 1.27. The number of piperazine rings is 1. The van der Waals surface area contributed by atoms with Gasteiger partial charge in [0.1, 0.15) is 18.6 Å². The zero-order chi connectivity index (χ0) is 30.3. The van der Waals surface area contributed by atoms with Crippen molar-refractivity contribution in [1.82, 2.24) is 24.8 Å². The minimum atomic E-state index is -0.841. The summed E-state index contributed by atoms with van der Waals surface area (Å²) in [6.07, 6.45) is 11.5. The number of hydrogen-bond donors (Lipinski definition) is 0. The number of amides is 1. The maximum Gasteiger partial charge on any atom is 0.319 e. The van der Waals surface area contributed by atoms with Gasteiger partial charge in [-0.15, -0.1) is 0 Å². The lowest BCUT2D eigenvalue weighted by Gasteiger charge is -2.41. The topological polar surface area (TPSA) is 98.5 Å². The van der Waals surface area contributed by atoms with E-state index in [0.29, 0.717) is 45.0 Å². The summed E-state index contributed by atoms with van der Waals surface area (Å²) < 4.78 is 20.8. The number of alkyl halides is 1. The SMILES string of the molecule is C=CC(=O)N1CCN(c2nc(OC[C@@]34CCCN3C[C@H](F)C4)nc3cc(-c4cncc5c4CCCC5)ccc23)C[C@@H]1CC#N. The first-order chi connectivity index (χ1) is 21.5. The smallest absolute Gasteiger partial charge is 0.319 e. The van der Waals surface area contributed by atoms with E-state index in [2.05, 4.69) is 45.6 Å². The number of hydrogen-bond acceptors (Lipinski definition) is 8. The Bertz CT molecular complexity index is 1640. The van der Waals surface area contributed by atoms with Crippen LogP contribution in [0.15, 0.2) is 43.2 Å². The highest BCUT2D eigenvalue weighted by atomic mass is 19.1. The highest BCUT2D eigenvalue weighted by Gasteiger charge is 2.49. The summed E-state index contributed by atoms with van der Waals surface area (Å²) in [5.74, 6) is 0.544. The number of benzene rings is 1. The average Bonchev–Trinajstić information content (AvgIpc) is 3.58. The van der Waals surface area contributed by atoms with Crippen LogP contribution in [0.5, 0.6) is 6.01 Å². The van der Waals surface area contributed by atoms with Crippen molar-refractivity contribution in [2.24, 2.45) is 0 Å². The standard InChI is InChI=1S/C34H38FN7O2/c1-2-31(43)42-15-14-40(21-26(42)10-12-36)32-28-9-8-23(29-19-37-18-24-6-3-4-7-27(24)29)16-30(28)38-33(39-32)44-22-34-11-5-13-41(34)20-25(35)17-34/h2,8-9,16,18-19,25-26H,1,3-7,10-11,13-15,17,20-22H2/t25-,26+,34+/m1/s1. The number of halogens is 1. The van der Waals surface area contributed by atoms with Crippen LogP contribution < -0.4 is 9.64 Å². The van der Waals surface area contributed by atoms with Crippen molar-refractivity contribution in [3.63, 3.8) is 0 Å². The first-order valence-electron chi connectivity index (χ1n) is 15.8. The lowest BCUT2D eigenvalue weighted by molar-refractivity contribution is -0.128. The van der Waals surface area contributed by atoms with E-state index < -0.39 is 6.17 Å². The van der Waals surface area contributed by atoms with Gasteiger partial charge >= 0.3 is 6.01 Å². The van der Waals surface area contributed by atoms with E-state index in [1.54, 1.807) is 4.90 Å². The van der Waals surface area contributed by atoms with Gasteiger partial charge in [-0.3, -0.25) is 14.7 Å². The van der Waals surface area contributed by atoms with Crippen molar-refractivity contribution in [3.05, 3.63) is 54.4 Å². The number of rotatable bonds is 7. The number of fused-ring (bicyclic) bond motifs is 3. The zero-order valence-electron chi connectivity index (χ0n) is 25.1. The average molecular weight is 596 g/mol. The van der Waals surface area contributed by atoms with E-state index >= 15 is 0 Å². The Labute approximate surface area is 257 Å². The van der Waals surface area contributed by atoms with Crippen LogP contribution >= 0.6 is 0 Å². The van der Waals surface area contributed by atoms with Crippen LogP contribution in [0.4, 0.5) is 10.2 Å². The Morgan fingerprint density at radius 3 is 2.91 bits per heavy atom. The lowest BCUT2D eigenvalue weighted by Crippen LogP contribution is -2.55. The molecule has 3 aliphatic heterocycles. The monoisotopic (exact) mass is 595 g/mol. The minimum absolute atomic E-state index is 0.172. The maximum atomic E-state index is 14.5. The van der Waals surface area contributed by atoms with Crippen molar-refractivity contribution < 1.29 is 13.9 Å². The fourth-order valence-corrected chi connectivity index (χ4v) is 7.86. The van der Waals surface area contributed by atoms with Crippen molar-refractivity contribution in [2.45, 2.75) is 69.1 Å². The molecule has 4 aliphatic rings. The second-order valence-electron chi connectivity index (χ2n) is 12.7. The van der Waals surface area contributed by atoms with E-state index in [1.807, 2.05) is 12.4 Å². The first kappa shape index (κ1) is 28.7. The van der Waals surface area contributed by atoms with Crippen molar-refractivity contribution in [2.75, 3.05) is 44.2 Å². The zero-order valence-corrected chi connectivity index (χ0v) is 25.1. The highest BCUT2D eigenvalue weighted by molar-refractivity contribution is 5.93. The first-order valence-corrected chi connectivity index (χ1v) is 15.8. The molecule has 7 rings (SSSR count). The third-order valence-electron chi connectivity index (χ3n) is 10.0. The predicted molar refractivity (Wildman–Crippen MR) is 166 cm³/mol. The molecule has 3 atom stereocenters. The molecule has 3 aromatic rings. The molecule has 9 nitrogen and oxygen atoms in total. The van der Waals surface area contributed by atoms with E-state index in [-0.39, 0.29) is 29.9 Å².